The molecule has 2 aromatic carbocycles. The summed E-state index contributed by atoms with van der Waals surface area (Å²) in [6.07, 6.45) is 6.34. The number of hydrogen-bond donors (Lipinski definition) is 2. The molecule has 0 unspecified atom stereocenters. The van der Waals surface area contributed by atoms with Gasteiger partial charge >= 0.3 is 5.97 Å². The lowest BCUT2D eigenvalue weighted by molar-refractivity contribution is 0.0698. The van der Waals surface area contributed by atoms with E-state index in [0.29, 0.717) is 11.3 Å². The molecule has 0 aliphatic rings. The smallest absolute Gasteiger partial charge is 0.337 e. The zero-order chi connectivity index (χ0) is 19.6. The summed E-state index contributed by atoms with van der Waals surface area (Å²) in [5.74, 6) is -0.280. The molecule has 5 heteroatoms. The monoisotopic (exact) mass is 385 g/mol. The molecular formula is C22H27NO3S. The van der Waals surface area contributed by atoms with Crippen LogP contribution in [0.5, 0.6) is 0 Å². The number of amides is 1. The number of rotatable bonds is 10. The molecule has 0 aliphatic carbocycles. The van der Waals surface area contributed by atoms with Gasteiger partial charge in [-0.2, -0.15) is 0 Å². The SMILES string of the molecule is CCCCCCCSc1ccc(C(=O)Nc2ccc(C)cc2C(=O)O)cc1. The highest BCUT2D eigenvalue weighted by atomic mass is 32.2. The molecule has 0 aliphatic heterocycles. The number of thioether (sulfide) groups is 1. The quantitative estimate of drug-likeness (QED) is 0.388. The lowest BCUT2D eigenvalue weighted by Crippen LogP contribution is -2.14. The number of benzene rings is 2. The number of carbonyl (C=O) groups excluding carboxylic acids is 1. The fraction of sp³-hybridized carbons (Fsp3) is 0.364. The summed E-state index contributed by atoms with van der Waals surface area (Å²) in [6.45, 7) is 4.03. The molecule has 27 heavy (non-hydrogen) atoms. The summed E-state index contributed by atoms with van der Waals surface area (Å²) >= 11 is 1.80. The molecule has 0 saturated heterocycles. The molecule has 0 radical (unpaired) electrons. The van der Waals surface area contributed by atoms with Gasteiger partial charge in [0.05, 0.1) is 11.3 Å². The van der Waals surface area contributed by atoms with Gasteiger partial charge in [0.15, 0.2) is 0 Å². The van der Waals surface area contributed by atoms with Gasteiger partial charge in [-0.3, -0.25) is 4.79 Å². The minimum atomic E-state index is -1.06. The zero-order valence-corrected chi connectivity index (χ0v) is 16.8. The summed E-state index contributed by atoms with van der Waals surface area (Å²) in [7, 11) is 0. The topological polar surface area (TPSA) is 66.4 Å². The van der Waals surface area contributed by atoms with Crippen LogP contribution in [0.3, 0.4) is 0 Å². The highest BCUT2D eigenvalue weighted by molar-refractivity contribution is 7.99. The van der Waals surface area contributed by atoms with Crippen LogP contribution in [0.2, 0.25) is 0 Å². The number of carbonyl (C=O) groups is 2. The Bertz CT molecular complexity index is 772. The van der Waals surface area contributed by atoms with E-state index >= 15 is 0 Å². The van der Waals surface area contributed by atoms with E-state index < -0.39 is 5.97 Å². The van der Waals surface area contributed by atoms with Gasteiger partial charge in [-0.1, -0.05) is 44.2 Å². The second kappa shape index (κ2) is 10.8. The van der Waals surface area contributed by atoms with Gasteiger partial charge in [0, 0.05) is 10.5 Å². The van der Waals surface area contributed by atoms with Crippen LogP contribution in [-0.2, 0) is 0 Å². The van der Waals surface area contributed by atoms with E-state index in [4.69, 9.17) is 0 Å². The van der Waals surface area contributed by atoms with Crippen molar-refractivity contribution >= 4 is 29.3 Å². The first-order chi connectivity index (χ1) is 13.0. The van der Waals surface area contributed by atoms with Crippen LogP contribution in [0.4, 0.5) is 5.69 Å². The largest absolute Gasteiger partial charge is 0.478 e. The van der Waals surface area contributed by atoms with Crippen molar-refractivity contribution in [1.82, 2.24) is 0 Å². The first-order valence-electron chi connectivity index (χ1n) is 9.39. The minimum absolute atomic E-state index is 0.0959. The Hall–Kier alpha value is -2.27. The summed E-state index contributed by atoms with van der Waals surface area (Å²) < 4.78 is 0. The normalized spacial score (nSPS) is 10.6. The molecule has 2 N–H and O–H groups in total. The number of unbranched alkanes of at least 4 members (excludes halogenated alkanes) is 4. The number of carboxylic acid groups (broad SMARTS) is 1. The lowest BCUT2D eigenvalue weighted by Gasteiger charge is -2.10. The predicted octanol–water partition coefficient (Wildman–Crippen LogP) is 6.01. The maximum absolute atomic E-state index is 12.4. The molecule has 1 amide bonds. The average Bonchev–Trinajstić information content (AvgIpc) is 2.66. The molecule has 0 heterocycles. The standard InChI is InChI=1S/C22H27NO3S/c1-3-4-5-6-7-14-27-18-11-9-17(10-12-18)21(24)23-20-13-8-16(2)15-19(20)22(25)26/h8-13,15H,3-7,14H2,1-2H3,(H,23,24)(H,25,26). The second-order valence-electron chi connectivity index (χ2n) is 6.60. The Morgan fingerprint density at radius 2 is 1.70 bits per heavy atom. The van der Waals surface area contributed by atoms with Crippen LogP contribution in [0.1, 0.15) is 65.3 Å². The number of aryl methyl sites for hydroxylation is 1. The molecule has 0 aromatic heterocycles. The third-order valence-corrected chi connectivity index (χ3v) is 5.39. The number of hydrogen-bond acceptors (Lipinski definition) is 3. The van der Waals surface area contributed by atoms with Crippen molar-refractivity contribution in [2.24, 2.45) is 0 Å². The van der Waals surface area contributed by atoms with Crippen LogP contribution in [0.25, 0.3) is 0 Å². The number of nitrogens with one attached hydrogen (secondary N) is 1. The van der Waals surface area contributed by atoms with Gasteiger partial charge < -0.3 is 10.4 Å². The van der Waals surface area contributed by atoms with Crippen LogP contribution >= 0.6 is 11.8 Å². The second-order valence-corrected chi connectivity index (χ2v) is 7.76. The van der Waals surface area contributed by atoms with Gasteiger partial charge in [-0.05, 0) is 55.5 Å². The maximum Gasteiger partial charge on any atom is 0.337 e. The van der Waals surface area contributed by atoms with Crippen molar-refractivity contribution in [3.63, 3.8) is 0 Å². The van der Waals surface area contributed by atoms with E-state index in [1.807, 2.05) is 19.1 Å². The van der Waals surface area contributed by atoms with Crippen molar-refractivity contribution in [3.8, 4) is 0 Å². The average molecular weight is 386 g/mol. The molecule has 0 atom stereocenters. The van der Waals surface area contributed by atoms with Crippen molar-refractivity contribution < 1.29 is 14.7 Å². The van der Waals surface area contributed by atoms with E-state index in [1.54, 1.807) is 42.1 Å². The molecular weight excluding hydrogens is 358 g/mol. The Kier molecular flexibility index (Phi) is 8.40. The third kappa shape index (κ3) is 6.75. The molecule has 144 valence electrons. The first-order valence-corrected chi connectivity index (χ1v) is 10.4. The van der Waals surface area contributed by atoms with E-state index in [2.05, 4.69) is 12.2 Å². The van der Waals surface area contributed by atoms with Crippen molar-refractivity contribution in [1.29, 1.82) is 0 Å². The molecule has 2 rings (SSSR count). The van der Waals surface area contributed by atoms with E-state index in [0.717, 1.165) is 16.2 Å². The zero-order valence-electron chi connectivity index (χ0n) is 16.0. The Morgan fingerprint density at radius 1 is 1.00 bits per heavy atom. The molecule has 4 nitrogen and oxygen atoms in total. The van der Waals surface area contributed by atoms with E-state index in [9.17, 15) is 14.7 Å². The van der Waals surface area contributed by atoms with Crippen LogP contribution < -0.4 is 5.32 Å². The third-order valence-electron chi connectivity index (χ3n) is 4.29. The highest BCUT2D eigenvalue weighted by Crippen LogP contribution is 2.22. The Morgan fingerprint density at radius 3 is 2.37 bits per heavy atom. The number of aromatic carboxylic acids is 1. The van der Waals surface area contributed by atoms with E-state index in [-0.39, 0.29) is 11.5 Å². The molecule has 0 fully saturated rings. The van der Waals surface area contributed by atoms with Gasteiger partial charge in [0.1, 0.15) is 0 Å². The van der Waals surface area contributed by atoms with Crippen molar-refractivity contribution in [2.45, 2.75) is 50.8 Å². The minimum Gasteiger partial charge on any atom is -0.478 e. The van der Waals surface area contributed by atoms with Gasteiger partial charge in [-0.15, -0.1) is 11.8 Å². The molecule has 0 bridgehead atoms. The molecule has 2 aromatic rings. The van der Waals surface area contributed by atoms with Gasteiger partial charge in [0.25, 0.3) is 5.91 Å². The van der Waals surface area contributed by atoms with Gasteiger partial charge in [0.2, 0.25) is 0 Å². The first kappa shape index (κ1) is 21.0. The fourth-order valence-corrected chi connectivity index (χ4v) is 3.65. The molecule has 0 saturated carbocycles. The van der Waals surface area contributed by atoms with Crippen LogP contribution in [0, 0.1) is 6.92 Å². The van der Waals surface area contributed by atoms with E-state index in [1.165, 1.54) is 32.1 Å². The predicted molar refractivity (Wildman–Crippen MR) is 112 cm³/mol. The summed E-state index contributed by atoms with van der Waals surface area (Å²) in [6, 6.07) is 12.4. The Balaban J connectivity index is 1.91. The number of anilines is 1. The lowest BCUT2D eigenvalue weighted by atomic mass is 10.1. The summed E-state index contributed by atoms with van der Waals surface area (Å²) in [5.41, 5.74) is 1.75. The fourth-order valence-electron chi connectivity index (χ4n) is 2.74. The summed E-state index contributed by atoms with van der Waals surface area (Å²) in [4.78, 5) is 24.9. The maximum atomic E-state index is 12.4. The van der Waals surface area contributed by atoms with Crippen molar-refractivity contribution in [2.75, 3.05) is 11.1 Å². The Labute approximate surface area is 165 Å². The van der Waals surface area contributed by atoms with Gasteiger partial charge in [-0.25, -0.2) is 4.79 Å². The van der Waals surface area contributed by atoms with Crippen molar-refractivity contribution in [3.05, 3.63) is 59.2 Å². The molecule has 0 spiro atoms. The highest BCUT2D eigenvalue weighted by Gasteiger charge is 2.14. The van der Waals surface area contributed by atoms with Crippen LogP contribution in [0.15, 0.2) is 47.4 Å². The van der Waals surface area contributed by atoms with Crippen LogP contribution in [-0.4, -0.2) is 22.7 Å². The summed E-state index contributed by atoms with van der Waals surface area (Å²) in [5, 5.41) is 12.0. The number of carboxylic acids is 1.